The van der Waals surface area contributed by atoms with Crippen LogP contribution in [0.3, 0.4) is 0 Å². The van der Waals surface area contributed by atoms with Crippen LogP contribution in [0, 0.1) is 11.6 Å². The summed E-state index contributed by atoms with van der Waals surface area (Å²) in [5, 5.41) is 2.61. The van der Waals surface area contributed by atoms with Crippen LogP contribution in [0.15, 0.2) is 36.4 Å². The van der Waals surface area contributed by atoms with Crippen LogP contribution < -0.4 is 10.2 Å². The number of amides is 2. The van der Waals surface area contributed by atoms with Crippen molar-refractivity contribution in [3.63, 3.8) is 0 Å². The van der Waals surface area contributed by atoms with Crippen LogP contribution >= 0.6 is 0 Å². The first kappa shape index (κ1) is 18.4. The maximum absolute atomic E-state index is 13.7. The summed E-state index contributed by atoms with van der Waals surface area (Å²) in [6, 6.07) is 8.07. The average molecular weight is 385 g/mol. The van der Waals surface area contributed by atoms with Crippen LogP contribution in [-0.2, 0) is 6.54 Å². The van der Waals surface area contributed by atoms with E-state index in [1.54, 1.807) is 18.2 Å². The van der Waals surface area contributed by atoms with E-state index in [1.165, 1.54) is 0 Å². The molecule has 2 aliphatic heterocycles. The van der Waals surface area contributed by atoms with Gasteiger partial charge in [-0.1, -0.05) is 0 Å². The van der Waals surface area contributed by atoms with Crippen molar-refractivity contribution in [3.8, 4) is 0 Å². The van der Waals surface area contributed by atoms with Crippen LogP contribution in [0.2, 0.25) is 0 Å². The van der Waals surface area contributed by atoms with E-state index >= 15 is 0 Å². The van der Waals surface area contributed by atoms with Crippen molar-refractivity contribution < 1.29 is 18.4 Å². The molecule has 0 spiro atoms. The molecule has 1 saturated heterocycles. The molecule has 28 heavy (non-hydrogen) atoms. The van der Waals surface area contributed by atoms with Gasteiger partial charge in [0.2, 0.25) is 0 Å². The fourth-order valence-corrected chi connectivity index (χ4v) is 3.97. The van der Waals surface area contributed by atoms with Gasteiger partial charge in [-0.15, -0.1) is 0 Å². The zero-order valence-corrected chi connectivity index (χ0v) is 15.5. The van der Waals surface area contributed by atoms with Crippen molar-refractivity contribution in [2.24, 2.45) is 0 Å². The van der Waals surface area contributed by atoms with Gasteiger partial charge in [0.1, 0.15) is 17.8 Å². The molecule has 1 fully saturated rings. The lowest BCUT2D eigenvalue weighted by Gasteiger charge is -2.46. The lowest BCUT2D eigenvalue weighted by Crippen LogP contribution is -2.55. The van der Waals surface area contributed by atoms with Crippen molar-refractivity contribution in [1.82, 2.24) is 10.2 Å². The number of carbonyl (C=O) groups excluding carboxylic acids is 2. The number of nitrogens with zero attached hydrogens (tertiary/aromatic N) is 2. The molecule has 0 aromatic heterocycles. The van der Waals surface area contributed by atoms with Crippen molar-refractivity contribution in [1.29, 1.82) is 0 Å². The Morgan fingerprint density at radius 1 is 1.18 bits per heavy atom. The van der Waals surface area contributed by atoms with Crippen LogP contribution in [0.25, 0.3) is 0 Å². The van der Waals surface area contributed by atoms with Crippen molar-refractivity contribution >= 4 is 17.5 Å². The van der Waals surface area contributed by atoms with E-state index in [0.717, 1.165) is 49.7 Å². The van der Waals surface area contributed by atoms with Crippen molar-refractivity contribution in [3.05, 3.63) is 64.7 Å². The predicted molar refractivity (Wildman–Crippen MR) is 101 cm³/mol. The van der Waals surface area contributed by atoms with Gasteiger partial charge in [-0.25, -0.2) is 8.78 Å². The van der Waals surface area contributed by atoms with Crippen LogP contribution in [-0.4, -0.2) is 36.5 Å². The summed E-state index contributed by atoms with van der Waals surface area (Å²) in [6.07, 6.45) is 2.97. The highest BCUT2D eigenvalue weighted by Crippen LogP contribution is 2.34. The Kier molecular flexibility index (Phi) is 4.75. The maximum atomic E-state index is 13.7. The molecular formula is C21H21F2N3O2. The van der Waals surface area contributed by atoms with E-state index in [2.05, 4.69) is 5.32 Å². The van der Waals surface area contributed by atoms with E-state index in [0.29, 0.717) is 11.1 Å². The Labute approximate surface area is 161 Å². The summed E-state index contributed by atoms with van der Waals surface area (Å²) in [5.41, 5.74) is 1.75. The quantitative estimate of drug-likeness (QED) is 0.882. The summed E-state index contributed by atoms with van der Waals surface area (Å²) < 4.78 is 27.0. The number of fused-ring (bicyclic) bond motifs is 2. The Bertz CT molecular complexity index is 947. The molecule has 7 heteroatoms. The number of rotatable bonds is 3. The SMILES string of the molecule is CN1c2cc(C(=O)NCc3cc(F)ccc3F)ccc2C(=O)N2CCCCC21. The number of hydrogen-bond acceptors (Lipinski definition) is 3. The second-order valence-corrected chi connectivity index (χ2v) is 7.24. The number of halogens is 2. The number of nitrogens with one attached hydrogen (secondary N) is 1. The second kappa shape index (κ2) is 7.22. The second-order valence-electron chi connectivity index (χ2n) is 7.24. The Balaban J connectivity index is 1.55. The molecule has 1 unspecified atom stereocenters. The minimum absolute atomic E-state index is 0.00779. The first-order chi connectivity index (χ1) is 13.5. The van der Waals surface area contributed by atoms with Gasteiger partial charge in [-0.05, 0) is 55.7 Å². The molecule has 2 aromatic rings. The molecule has 2 amide bonds. The van der Waals surface area contributed by atoms with E-state index in [1.807, 2.05) is 16.8 Å². The molecule has 0 radical (unpaired) electrons. The highest BCUT2D eigenvalue weighted by Gasteiger charge is 2.37. The standard InChI is InChI=1S/C21H21F2N3O2/c1-25-18-11-13(20(27)24-12-14-10-15(22)6-8-17(14)23)5-7-16(18)21(28)26-9-3-2-4-19(25)26/h5-8,10-11,19H,2-4,9,12H2,1H3,(H,24,27). The number of hydrogen-bond donors (Lipinski definition) is 1. The first-order valence-electron chi connectivity index (χ1n) is 9.35. The normalized spacial score (nSPS) is 18.5. The van der Waals surface area contributed by atoms with Gasteiger partial charge < -0.3 is 15.1 Å². The van der Waals surface area contributed by atoms with Gasteiger partial charge in [0.25, 0.3) is 11.8 Å². The average Bonchev–Trinajstić information content (AvgIpc) is 2.72. The molecule has 0 saturated carbocycles. The largest absolute Gasteiger partial charge is 0.354 e. The monoisotopic (exact) mass is 385 g/mol. The third-order valence-electron chi connectivity index (χ3n) is 5.50. The Morgan fingerprint density at radius 3 is 2.82 bits per heavy atom. The van der Waals surface area contributed by atoms with Crippen molar-refractivity contribution in [2.75, 3.05) is 18.5 Å². The summed E-state index contributed by atoms with van der Waals surface area (Å²) in [7, 11) is 1.93. The smallest absolute Gasteiger partial charge is 0.257 e. The molecule has 146 valence electrons. The molecule has 4 rings (SSSR count). The van der Waals surface area contributed by atoms with Gasteiger partial charge >= 0.3 is 0 Å². The number of piperidine rings is 1. The fourth-order valence-electron chi connectivity index (χ4n) is 3.97. The third-order valence-corrected chi connectivity index (χ3v) is 5.50. The minimum Gasteiger partial charge on any atom is -0.354 e. The highest BCUT2D eigenvalue weighted by atomic mass is 19.1. The number of carbonyl (C=O) groups is 2. The molecule has 2 aromatic carbocycles. The molecule has 0 bridgehead atoms. The van der Waals surface area contributed by atoms with E-state index in [4.69, 9.17) is 0 Å². The summed E-state index contributed by atoms with van der Waals surface area (Å²) in [6.45, 7) is 0.624. The van der Waals surface area contributed by atoms with Gasteiger partial charge in [0, 0.05) is 31.3 Å². The minimum atomic E-state index is -0.574. The summed E-state index contributed by atoms with van der Waals surface area (Å²) >= 11 is 0. The Hall–Kier alpha value is -2.96. The molecule has 0 aliphatic carbocycles. The molecule has 1 atom stereocenters. The van der Waals surface area contributed by atoms with Crippen LogP contribution in [0.4, 0.5) is 14.5 Å². The van der Waals surface area contributed by atoms with Gasteiger partial charge in [-0.2, -0.15) is 0 Å². The van der Waals surface area contributed by atoms with Crippen LogP contribution in [0.1, 0.15) is 45.5 Å². The Morgan fingerprint density at radius 2 is 2.00 bits per heavy atom. The molecule has 2 aliphatic rings. The predicted octanol–water partition coefficient (Wildman–Crippen LogP) is 3.30. The summed E-state index contributed by atoms with van der Waals surface area (Å²) in [5.74, 6) is -1.54. The van der Waals surface area contributed by atoms with E-state index in [-0.39, 0.29) is 24.2 Å². The van der Waals surface area contributed by atoms with E-state index < -0.39 is 17.5 Å². The van der Waals surface area contributed by atoms with Gasteiger partial charge in [0.15, 0.2) is 0 Å². The first-order valence-corrected chi connectivity index (χ1v) is 9.35. The van der Waals surface area contributed by atoms with Gasteiger partial charge in [0.05, 0.1) is 11.3 Å². The lowest BCUT2D eigenvalue weighted by atomic mass is 9.97. The maximum Gasteiger partial charge on any atom is 0.257 e. The third kappa shape index (κ3) is 3.21. The molecule has 2 heterocycles. The lowest BCUT2D eigenvalue weighted by molar-refractivity contribution is 0.0589. The fraction of sp³-hybridized carbons (Fsp3) is 0.333. The molecular weight excluding hydrogens is 364 g/mol. The van der Waals surface area contributed by atoms with E-state index in [9.17, 15) is 18.4 Å². The van der Waals surface area contributed by atoms with Crippen molar-refractivity contribution in [2.45, 2.75) is 32.0 Å². The number of benzene rings is 2. The van der Waals surface area contributed by atoms with Gasteiger partial charge in [-0.3, -0.25) is 9.59 Å². The zero-order valence-electron chi connectivity index (χ0n) is 15.5. The molecule has 1 N–H and O–H groups in total. The zero-order chi connectivity index (χ0) is 19.8. The summed E-state index contributed by atoms with van der Waals surface area (Å²) in [4.78, 5) is 29.2. The van der Waals surface area contributed by atoms with Crippen LogP contribution in [0.5, 0.6) is 0 Å². The highest BCUT2D eigenvalue weighted by molar-refractivity contribution is 6.04. The topological polar surface area (TPSA) is 52.7 Å². The number of anilines is 1. The molecule has 5 nitrogen and oxygen atoms in total.